The van der Waals surface area contributed by atoms with Crippen LogP contribution >= 0.6 is 0 Å². The smallest absolute Gasteiger partial charge is 0.228 e. The number of benzene rings is 2. The van der Waals surface area contributed by atoms with Gasteiger partial charge < -0.3 is 19.5 Å². The van der Waals surface area contributed by atoms with E-state index in [2.05, 4.69) is 0 Å². The zero-order chi connectivity index (χ0) is 18.0. The van der Waals surface area contributed by atoms with Crippen LogP contribution < -0.4 is 9.47 Å². The second-order valence-electron chi connectivity index (χ2n) is 6.17. The maximum absolute atomic E-state index is 12.9. The number of carbonyl (C=O) groups excluding carboxylic acids is 1. The molecule has 1 heterocycles. The minimum Gasteiger partial charge on any atom is -0.497 e. The first-order chi connectivity index (χ1) is 12.1. The molecular weight excluding hydrogens is 318 g/mol. The van der Waals surface area contributed by atoms with Gasteiger partial charge >= 0.3 is 0 Å². The van der Waals surface area contributed by atoms with Gasteiger partial charge in [0, 0.05) is 11.6 Å². The summed E-state index contributed by atoms with van der Waals surface area (Å²) in [4.78, 5) is 14.6. The molecule has 1 amide bonds. The van der Waals surface area contributed by atoms with E-state index in [4.69, 9.17) is 9.47 Å². The lowest BCUT2D eigenvalue weighted by molar-refractivity contribution is -0.138. The molecule has 2 atom stereocenters. The van der Waals surface area contributed by atoms with Crippen LogP contribution in [0.5, 0.6) is 11.5 Å². The molecule has 0 bridgehead atoms. The molecule has 1 aliphatic rings. The molecule has 3 rings (SSSR count). The Balaban J connectivity index is 2.06. The van der Waals surface area contributed by atoms with Crippen LogP contribution in [0.25, 0.3) is 0 Å². The Morgan fingerprint density at radius 1 is 1.20 bits per heavy atom. The summed E-state index contributed by atoms with van der Waals surface area (Å²) < 4.78 is 10.9. The van der Waals surface area contributed by atoms with Crippen LogP contribution in [0.1, 0.15) is 35.7 Å². The second-order valence-corrected chi connectivity index (χ2v) is 6.17. The molecule has 0 radical (unpaired) electrons. The molecule has 0 aromatic heterocycles. The Morgan fingerprint density at radius 3 is 2.52 bits per heavy atom. The zero-order valence-electron chi connectivity index (χ0n) is 14.7. The highest BCUT2D eigenvalue weighted by atomic mass is 16.5. The van der Waals surface area contributed by atoms with Gasteiger partial charge in [0.2, 0.25) is 5.91 Å². The topological polar surface area (TPSA) is 59.0 Å². The van der Waals surface area contributed by atoms with Crippen molar-refractivity contribution in [3.05, 3.63) is 59.2 Å². The van der Waals surface area contributed by atoms with Gasteiger partial charge in [-0.2, -0.15) is 0 Å². The normalized spacial score (nSPS) is 17.8. The van der Waals surface area contributed by atoms with Gasteiger partial charge in [-0.05, 0) is 24.1 Å². The lowest BCUT2D eigenvalue weighted by atomic mass is 9.89. The molecule has 0 saturated heterocycles. The predicted molar refractivity (Wildman–Crippen MR) is 94.8 cm³/mol. The van der Waals surface area contributed by atoms with E-state index in [9.17, 15) is 9.90 Å². The molecule has 0 spiro atoms. The van der Waals surface area contributed by atoms with Crippen molar-refractivity contribution in [1.29, 1.82) is 0 Å². The first kappa shape index (κ1) is 17.3. The van der Waals surface area contributed by atoms with Crippen molar-refractivity contribution in [3.8, 4) is 11.5 Å². The molecule has 1 aliphatic heterocycles. The average Bonchev–Trinajstić information content (AvgIpc) is 2.64. The van der Waals surface area contributed by atoms with Crippen LogP contribution in [0.2, 0.25) is 0 Å². The van der Waals surface area contributed by atoms with Crippen LogP contribution in [0, 0.1) is 0 Å². The van der Waals surface area contributed by atoms with Gasteiger partial charge in [-0.25, -0.2) is 0 Å². The van der Waals surface area contributed by atoms with E-state index >= 15 is 0 Å². The summed E-state index contributed by atoms with van der Waals surface area (Å²) in [6, 6.07) is 12.7. The first-order valence-corrected chi connectivity index (χ1v) is 8.32. The predicted octanol–water partition coefficient (Wildman–Crippen LogP) is 2.88. The molecule has 5 nitrogen and oxygen atoms in total. The highest BCUT2D eigenvalue weighted by molar-refractivity contribution is 5.83. The molecule has 2 aromatic rings. The Labute approximate surface area is 147 Å². The summed E-state index contributed by atoms with van der Waals surface area (Å²) >= 11 is 0. The number of aliphatic hydroxyl groups excluding tert-OH is 1. The molecule has 1 N–H and O–H groups in total. The third-order valence-electron chi connectivity index (χ3n) is 4.81. The number of hydrogen-bond acceptors (Lipinski definition) is 4. The van der Waals surface area contributed by atoms with E-state index in [1.54, 1.807) is 19.1 Å². The zero-order valence-corrected chi connectivity index (χ0v) is 14.7. The van der Waals surface area contributed by atoms with Gasteiger partial charge in [-0.3, -0.25) is 4.79 Å². The molecule has 0 aliphatic carbocycles. The Kier molecular flexibility index (Phi) is 4.95. The number of rotatable bonds is 5. The van der Waals surface area contributed by atoms with Gasteiger partial charge in [-0.1, -0.05) is 30.3 Å². The number of aliphatic hydroxyl groups is 1. The number of nitrogens with zero attached hydrogens (tertiary/aromatic N) is 1. The number of hydrogen-bond donors (Lipinski definition) is 1. The van der Waals surface area contributed by atoms with E-state index in [0.29, 0.717) is 11.5 Å². The standard InChI is InChI=1S/C20H23NO4/c1-13-20-15(9-16(24-2)11-18(20)25-3)10-19(23)21(13)17(12-22)14-7-5-4-6-8-14/h4-9,11,13,17,22H,10,12H2,1-3H3/t13-,17+/m1/s1. The molecule has 25 heavy (non-hydrogen) atoms. The molecule has 0 unspecified atom stereocenters. The van der Waals surface area contributed by atoms with Crippen LogP contribution in [-0.4, -0.2) is 36.7 Å². The number of amides is 1. The second kappa shape index (κ2) is 7.15. The van der Waals surface area contributed by atoms with E-state index in [1.165, 1.54) is 0 Å². The van der Waals surface area contributed by atoms with Crippen molar-refractivity contribution in [1.82, 2.24) is 4.90 Å². The summed E-state index contributed by atoms with van der Waals surface area (Å²) in [7, 11) is 3.21. The van der Waals surface area contributed by atoms with Crippen LogP contribution in [0.4, 0.5) is 0 Å². The largest absolute Gasteiger partial charge is 0.497 e. The fourth-order valence-electron chi connectivity index (χ4n) is 3.65. The molecule has 0 saturated carbocycles. The summed E-state index contributed by atoms with van der Waals surface area (Å²) in [6.45, 7) is 1.84. The molecule has 132 valence electrons. The fourth-order valence-corrected chi connectivity index (χ4v) is 3.65. The monoisotopic (exact) mass is 341 g/mol. The Bertz CT molecular complexity index is 760. The number of fused-ring (bicyclic) bond motifs is 1. The van der Waals surface area contributed by atoms with Crippen molar-refractivity contribution >= 4 is 5.91 Å². The maximum Gasteiger partial charge on any atom is 0.228 e. The van der Waals surface area contributed by atoms with Gasteiger partial charge in [0.25, 0.3) is 0 Å². The number of methoxy groups -OCH3 is 2. The van der Waals surface area contributed by atoms with Crippen molar-refractivity contribution in [2.75, 3.05) is 20.8 Å². The van der Waals surface area contributed by atoms with Crippen molar-refractivity contribution < 1.29 is 19.4 Å². The minimum atomic E-state index is -0.386. The van der Waals surface area contributed by atoms with Crippen molar-refractivity contribution in [2.45, 2.75) is 25.4 Å². The average molecular weight is 341 g/mol. The van der Waals surface area contributed by atoms with Gasteiger partial charge in [-0.15, -0.1) is 0 Å². The summed E-state index contributed by atoms with van der Waals surface area (Å²) in [5, 5.41) is 9.98. The minimum absolute atomic E-state index is 0.0155. The summed E-state index contributed by atoms with van der Waals surface area (Å²) in [5.74, 6) is 1.35. The van der Waals surface area contributed by atoms with E-state index in [-0.39, 0.29) is 31.0 Å². The Hall–Kier alpha value is -2.53. The van der Waals surface area contributed by atoms with E-state index in [1.807, 2.05) is 49.4 Å². The quantitative estimate of drug-likeness (QED) is 0.908. The molecule has 0 fully saturated rings. The molecule has 5 heteroatoms. The lowest BCUT2D eigenvalue weighted by Crippen LogP contribution is -2.43. The highest BCUT2D eigenvalue weighted by Gasteiger charge is 2.37. The third-order valence-corrected chi connectivity index (χ3v) is 4.81. The first-order valence-electron chi connectivity index (χ1n) is 8.32. The number of ether oxygens (including phenoxy) is 2. The van der Waals surface area contributed by atoms with Crippen molar-refractivity contribution in [2.24, 2.45) is 0 Å². The van der Waals surface area contributed by atoms with Crippen molar-refractivity contribution in [3.63, 3.8) is 0 Å². The third kappa shape index (κ3) is 3.07. The number of carbonyl (C=O) groups is 1. The van der Waals surface area contributed by atoms with Gasteiger partial charge in [0.15, 0.2) is 0 Å². The maximum atomic E-state index is 12.9. The summed E-state index contributed by atoms with van der Waals surface area (Å²) in [6.07, 6.45) is 0.260. The summed E-state index contributed by atoms with van der Waals surface area (Å²) in [5.41, 5.74) is 2.80. The van der Waals surface area contributed by atoms with Gasteiger partial charge in [0.05, 0.1) is 39.3 Å². The lowest BCUT2D eigenvalue weighted by Gasteiger charge is -2.41. The van der Waals surface area contributed by atoms with Crippen LogP contribution in [0.3, 0.4) is 0 Å². The Morgan fingerprint density at radius 2 is 1.92 bits per heavy atom. The van der Waals surface area contributed by atoms with E-state index < -0.39 is 0 Å². The fraction of sp³-hybridized carbons (Fsp3) is 0.350. The van der Waals surface area contributed by atoms with Crippen LogP contribution in [0.15, 0.2) is 42.5 Å². The van der Waals surface area contributed by atoms with Gasteiger partial charge in [0.1, 0.15) is 11.5 Å². The molecule has 2 aromatic carbocycles. The van der Waals surface area contributed by atoms with Crippen LogP contribution in [-0.2, 0) is 11.2 Å². The van der Waals surface area contributed by atoms with E-state index in [0.717, 1.165) is 16.7 Å². The molecular formula is C20H23NO4. The SMILES string of the molecule is COc1cc2c(c(OC)c1)[C@@H](C)N([C@@H](CO)c1ccccc1)C(=O)C2. The highest BCUT2D eigenvalue weighted by Crippen LogP contribution is 2.42.